The van der Waals surface area contributed by atoms with Gasteiger partial charge in [0.05, 0.1) is 11.2 Å². The molecule has 0 saturated heterocycles. The fourth-order valence-corrected chi connectivity index (χ4v) is 1.97. The van der Waals surface area contributed by atoms with Crippen molar-refractivity contribution in [1.29, 1.82) is 0 Å². The molecule has 20 heavy (non-hydrogen) atoms. The zero-order valence-corrected chi connectivity index (χ0v) is 13.2. The Morgan fingerprint density at radius 2 is 1.65 bits per heavy atom. The Kier molecular flexibility index (Phi) is 3.99. The molecule has 0 aliphatic carbocycles. The number of carbonyl (C=O) groups excluding carboxylic acids is 1. The maximum Gasteiger partial charge on any atom is 0.340 e. The van der Waals surface area contributed by atoms with Gasteiger partial charge in [-0.15, -0.1) is 0 Å². The van der Waals surface area contributed by atoms with Gasteiger partial charge in [-0.25, -0.2) is 4.79 Å². The second-order valence-electron chi connectivity index (χ2n) is 6.90. The molecule has 112 valence electrons. The highest BCUT2D eigenvalue weighted by molar-refractivity contribution is 6.04. The lowest BCUT2D eigenvalue weighted by Crippen LogP contribution is -2.41. The average Bonchev–Trinajstić information content (AvgIpc) is 2.52. The van der Waals surface area contributed by atoms with Gasteiger partial charge >= 0.3 is 5.97 Å². The molecule has 0 saturated carbocycles. The molecule has 0 atom stereocenters. The van der Waals surface area contributed by atoms with Crippen LogP contribution in [0.25, 0.3) is 0 Å². The van der Waals surface area contributed by atoms with Crippen LogP contribution in [0.3, 0.4) is 0 Å². The van der Waals surface area contributed by atoms with E-state index in [1.165, 1.54) is 0 Å². The van der Waals surface area contributed by atoms with Gasteiger partial charge in [0, 0.05) is 5.54 Å². The fourth-order valence-electron chi connectivity index (χ4n) is 1.97. The molecule has 1 aromatic rings. The topological polar surface area (TPSA) is 84.2 Å². The normalized spacial score (nSPS) is 12.3. The molecule has 1 aromatic heterocycles. The molecule has 1 amide bonds. The van der Waals surface area contributed by atoms with Crippen molar-refractivity contribution < 1.29 is 14.7 Å². The SMILES string of the molecule is Cc1c(C(=O)O)c(C(=O)NC(C)(C)C)nn1C(C)(C)C. The van der Waals surface area contributed by atoms with Crippen LogP contribution in [0.4, 0.5) is 0 Å². The summed E-state index contributed by atoms with van der Waals surface area (Å²) in [6.45, 7) is 12.9. The number of carbonyl (C=O) groups is 2. The first-order chi connectivity index (χ1) is 8.84. The number of carboxylic acids is 1. The maximum absolute atomic E-state index is 12.2. The summed E-state index contributed by atoms with van der Waals surface area (Å²) < 4.78 is 1.58. The van der Waals surface area contributed by atoms with Gasteiger partial charge in [-0.3, -0.25) is 9.48 Å². The summed E-state index contributed by atoms with van der Waals surface area (Å²) in [6, 6.07) is 0. The number of nitrogens with zero attached hydrogens (tertiary/aromatic N) is 2. The van der Waals surface area contributed by atoms with E-state index in [1.54, 1.807) is 11.6 Å². The maximum atomic E-state index is 12.2. The molecule has 0 radical (unpaired) electrons. The van der Waals surface area contributed by atoms with Gasteiger partial charge in [0.1, 0.15) is 5.56 Å². The summed E-state index contributed by atoms with van der Waals surface area (Å²) in [7, 11) is 0. The summed E-state index contributed by atoms with van der Waals surface area (Å²) in [5.41, 5.74) is -0.452. The smallest absolute Gasteiger partial charge is 0.340 e. The fraction of sp³-hybridized carbons (Fsp3) is 0.643. The largest absolute Gasteiger partial charge is 0.478 e. The van der Waals surface area contributed by atoms with Crippen LogP contribution < -0.4 is 5.32 Å². The first kappa shape index (κ1) is 16.2. The summed E-state index contributed by atoms with van der Waals surface area (Å²) in [6.07, 6.45) is 0. The van der Waals surface area contributed by atoms with E-state index in [2.05, 4.69) is 10.4 Å². The summed E-state index contributed by atoms with van der Waals surface area (Å²) in [5, 5.41) is 16.3. The van der Waals surface area contributed by atoms with Gasteiger partial charge in [-0.2, -0.15) is 5.10 Å². The van der Waals surface area contributed by atoms with Gasteiger partial charge in [0.15, 0.2) is 5.69 Å². The highest BCUT2D eigenvalue weighted by Gasteiger charge is 2.30. The van der Waals surface area contributed by atoms with E-state index >= 15 is 0 Å². The molecule has 6 heteroatoms. The number of nitrogens with one attached hydrogen (secondary N) is 1. The average molecular weight is 281 g/mol. The first-order valence-electron chi connectivity index (χ1n) is 6.50. The number of aromatic carboxylic acids is 1. The Morgan fingerprint density at radius 1 is 1.15 bits per heavy atom. The molecule has 0 aromatic carbocycles. The van der Waals surface area contributed by atoms with Crippen LogP contribution in [-0.4, -0.2) is 32.3 Å². The van der Waals surface area contributed by atoms with E-state index in [1.807, 2.05) is 41.5 Å². The van der Waals surface area contributed by atoms with Crippen molar-refractivity contribution in [2.75, 3.05) is 0 Å². The van der Waals surface area contributed by atoms with Gasteiger partial charge in [0.2, 0.25) is 0 Å². The van der Waals surface area contributed by atoms with Crippen molar-refractivity contribution >= 4 is 11.9 Å². The second-order valence-corrected chi connectivity index (χ2v) is 6.90. The Morgan fingerprint density at radius 3 is 2.00 bits per heavy atom. The van der Waals surface area contributed by atoms with E-state index in [4.69, 9.17) is 0 Å². The van der Waals surface area contributed by atoms with Crippen LogP contribution in [0.15, 0.2) is 0 Å². The molecule has 2 N–H and O–H groups in total. The molecule has 0 aliphatic rings. The van der Waals surface area contributed by atoms with Crippen LogP contribution in [0.1, 0.15) is 68.1 Å². The third-order valence-electron chi connectivity index (χ3n) is 2.67. The minimum Gasteiger partial charge on any atom is -0.478 e. The molecule has 1 rings (SSSR count). The predicted octanol–water partition coefficient (Wildman–Crippen LogP) is 2.17. The van der Waals surface area contributed by atoms with Crippen molar-refractivity contribution in [3.05, 3.63) is 17.0 Å². The van der Waals surface area contributed by atoms with Gasteiger partial charge < -0.3 is 10.4 Å². The monoisotopic (exact) mass is 281 g/mol. The number of carboxylic acid groups (broad SMARTS) is 1. The standard InChI is InChI=1S/C14H23N3O3/c1-8-9(12(19)20)10(11(18)15-13(2,3)4)16-17(8)14(5,6)7/h1-7H3,(H,15,18)(H,19,20). The van der Waals surface area contributed by atoms with Crippen LogP contribution in [0.5, 0.6) is 0 Å². The highest BCUT2D eigenvalue weighted by Crippen LogP contribution is 2.22. The Labute approximate surface area is 119 Å². The Balaban J connectivity index is 3.40. The lowest BCUT2D eigenvalue weighted by atomic mass is 10.1. The third kappa shape index (κ3) is 3.37. The van der Waals surface area contributed by atoms with Crippen molar-refractivity contribution in [3.63, 3.8) is 0 Å². The molecule has 0 spiro atoms. The molecule has 0 bridgehead atoms. The number of hydrogen-bond donors (Lipinski definition) is 2. The lowest BCUT2D eigenvalue weighted by Gasteiger charge is -2.21. The molecule has 6 nitrogen and oxygen atoms in total. The van der Waals surface area contributed by atoms with Crippen molar-refractivity contribution in [2.24, 2.45) is 0 Å². The second kappa shape index (κ2) is 4.92. The zero-order valence-electron chi connectivity index (χ0n) is 13.2. The molecule has 1 heterocycles. The summed E-state index contributed by atoms with van der Waals surface area (Å²) in [4.78, 5) is 23.6. The number of rotatable bonds is 2. The number of amides is 1. The van der Waals surface area contributed by atoms with Gasteiger partial charge in [-0.05, 0) is 48.5 Å². The minimum absolute atomic E-state index is 0.0401. The van der Waals surface area contributed by atoms with Crippen molar-refractivity contribution in [2.45, 2.75) is 59.5 Å². The van der Waals surface area contributed by atoms with Crippen LogP contribution in [0.2, 0.25) is 0 Å². The molecular formula is C14H23N3O3. The molecule has 0 fully saturated rings. The quantitative estimate of drug-likeness (QED) is 0.870. The van der Waals surface area contributed by atoms with E-state index in [9.17, 15) is 14.7 Å². The number of aromatic nitrogens is 2. The third-order valence-corrected chi connectivity index (χ3v) is 2.67. The zero-order chi connectivity index (χ0) is 15.9. The van der Waals surface area contributed by atoms with E-state index in [0.717, 1.165) is 0 Å². The van der Waals surface area contributed by atoms with E-state index in [-0.39, 0.29) is 11.3 Å². The predicted molar refractivity (Wildman–Crippen MR) is 76.1 cm³/mol. The summed E-state index contributed by atoms with van der Waals surface area (Å²) >= 11 is 0. The van der Waals surface area contributed by atoms with Crippen molar-refractivity contribution in [1.82, 2.24) is 15.1 Å². The van der Waals surface area contributed by atoms with Gasteiger partial charge in [-0.1, -0.05) is 0 Å². The van der Waals surface area contributed by atoms with Gasteiger partial charge in [0.25, 0.3) is 5.91 Å². The van der Waals surface area contributed by atoms with Crippen LogP contribution >= 0.6 is 0 Å². The van der Waals surface area contributed by atoms with Crippen LogP contribution in [-0.2, 0) is 5.54 Å². The Bertz CT molecular complexity index is 545. The molecule has 0 unspecified atom stereocenters. The number of hydrogen-bond acceptors (Lipinski definition) is 3. The van der Waals surface area contributed by atoms with Crippen LogP contribution in [0, 0.1) is 6.92 Å². The highest BCUT2D eigenvalue weighted by atomic mass is 16.4. The van der Waals surface area contributed by atoms with Crippen molar-refractivity contribution in [3.8, 4) is 0 Å². The first-order valence-corrected chi connectivity index (χ1v) is 6.50. The lowest BCUT2D eigenvalue weighted by molar-refractivity contribution is 0.0688. The molecular weight excluding hydrogens is 258 g/mol. The minimum atomic E-state index is -1.14. The summed E-state index contributed by atoms with van der Waals surface area (Å²) in [5.74, 6) is -1.61. The van der Waals surface area contributed by atoms with E-state index in [0.29, 0.717) is 5.69 Å². The molecule has 0 aliphatic heterocycles. The van der Waals surface area contributed by atoms with E-state index < -0.39 is 23.0 Å². The Hall–Kier alpha value is -1.85.